The number of aromatic nitrogens is 1. The third-order valence-corrected chi connectivity index (χ3v) is 4.52. The maximum absolute atomic E-state index is 12.7. The second-order valence-corrected chi connectivity index (χ2v) is 6.72. The average molecular weight is 440 g/mol. The van der Waals surface area contributed by atoms with E-state index in [1.807, 2.05) is 13.8 Å². The van der Waals surface area contributed by atoms with Gasteiger partial charge in [0.25, 0.3) is 11.8 Å². The Morgan fingerprint density at radius 2 is 1.45 bits per heavy atom. The smallest absolute Gasteiger partial charge is 0.274 e. The van der Waals surface area contributed by atoms with Gasteiger partial charge in [0.05, 0.1) is 35.2 Å². The number of benzene rings is 2. The van der Waals surface area contributed by atoms with Gasteiger partial charge in [0.15, 0.2) is 0 Å². The standard InChI is InChI=1S/C23H22ClN3O4/c1-3-30-20-14-19(27-23(29)17-11-7-8-12-25-17)21(31-4-2)13-18(20)26-22(28)15-9-5-6-10-16(15)24/h5-14H,3-4H2,1-2H3,(H,26,28)(H,27,29). The maximum Gasteiger partial charge on any atom is 0.274 e. The second-order valence-electron chi connectivity index (χ2n) is 6.31. The minimum atomic E-state index is -0.392. The number of carbonyl (C=O) groups is 2. The minimum absolute atomic E-state index is 0.263. The molecule has 0 bridgehead atoms. The van der Waals surface area contributed by atoms with Gasteiger partial charge in [-0.2, -0.15) is 0 Å². The summed E-state index contributed by atoms with van der Waals surface area (Å²) in [7, 11) is 0. The van der Waals surface area contributed by atoms with Gasteiger partial charge in [-0.25, -0.2) is 0 Å². The number of hydrogen-bond acceptors (Lipinski definition) is 5. The molecule has 0 spiro atoms. The fourth-order valence-electron chi connectivity index (χ4n) is 2.82. The second kappa shape index (κ2) is 10.4. The van der Waals surface area contributed by atoms with Gasteiger partial charge in [-0.3, -0.25) is 14.6 Å². The van der Waals surface area contributed by atoms with Crippen LogP contribution in [0.2, 0.25) is 5.02 Å². The van der Waals surface area contributed by atoms with Gasteiger partial charge in [0.2, 0.25) is 0 Å². The fourth-order valence-corrected chi connectivity index (χ4v) is 3.05. The van der Waals surface area contributed by atoms with Crippen LogP contribution in [0.1, 0.15) is 34.7 Å². The van der Waals surface area contributed by atoms with E-state index in [4.69, 9.17) is 21.1 Å². The average Bonchev–Trinajstić information content (AvgIpc) is 2.77. The molecule has 7 nitrogen and oxygen atoms in total. The lowest BCUT2D eigenvalue weighted by Crippen LogP contribution is -2.16. The van der Waals surface area contributed by atoms with E-state index >= 15 is 0 Å². The predicted molar refractivity (Wildman–Crippen MR) is 120 cm³/mol. The van der Waals surface area contributed by atoms with Crippen molar-refractivity contribution >= 4 is 34.8 Å². The zero-order valence-corrected chi connectivity index (χ0v) is 17.9. The number of pyridine rings is 1. The van der Waals surface area contributed by atoms with Gasteiger partial charge in [-0.1, -0.05) is 29.8 Å². The van der Waals surface area contributed by atoms with Crippen molar-refractivity contribution in [2.75, 3.05) is 23.8 Å². The lowest BCUT2D eigenvalue weighted by molar-refractivity contribution is 0.101. The molecule has 2 N–H and O–H groups in total. The number of amides is 2. The van der Waals surface area contributed by atoms with Crippen LogP contribution in [0, 0.1) is 0 Å². The van der Waals surface area contributed by atoms with E-state index in [1.54, 1.807) is 54.6 Å². The van der Waals surface area contributed by atoms with E-state index in [2.05, 4.69) is 15.6 Å². The monoisotopic (exact) mass is 439 g/mol. The minimum Gasteiger partial charge on any atom is -0.492 e. The first-order valence-corrected chi connectivity index (χ1v) is 10.1. The molecular weight excluding hydrogens is 418 g/mol. The van der Waals surface area contributed by atoms with Crippen LogP contribution in [0.5, 0.6) is 11.5 Å². The molecule has 0 saturated carbocycles. The molecule has 0 radical (unpaired) electrons. The Morgan fingerprint density at radius 3 is 2.00 bits per heavy atom. The Bertz CT molecular complexity index is 1070. The van der Waals surface area contributed by atoms with Crippen molar-refractivity contribution in [2.45, 2.75) is 13.8 Å². The third-order valence-electron chi connectivity index (χ3n) is 4.19. The Hall–Kier alpha value is -3.58. The van der Waals surface area contributed by atoms with Gasteiger partial charge in [-0.05, 0) is 38.1 Å². The topological polar surface area (TPSA) is 89.5 Å². The molecule has 0 aliphatic carbocycles. The molecule has 0 saturated heterocycles. The van der Waals surface area contributed by atoms with Crippen LogP contribution in [0.4, 0.5) is 11.4 Å². The number of carbonyl (C=O) groups excluding carboxylic acids is 2. The number of hydrogen-bond donors (Lipinski definition) is 2. The van der Waals surface area contributed by atoms with E-state index < -0.39 is 5.91 Å². The first-order valence-electron chi connectivity index (χ1n) is 9.75. The van der Waals surface area contributed by atoms with E-state index in [9.17, 15) is 9.59 Å². The van der Waals surface area contributed by atoms with Crippen molar-refractivity contribution in [1.82, 2.24) is 4.98 Å². The van der Waals surface area contributed by atoms with Crippen LogP contribution in [-0.2, 0) is 0 Å². The molecule has 2 aromatic carbocycles. The third kappa shape index (κ3) is 5.52. The molecule has 0 atom stereocenters. The van der Waals surface area contributed by atoms with E-state index in [-0.39, 0.29) is 11.6 Å². The van der Waals surface area contributed by atoms with E-state index in [0.717, 1.165) is 0 Å². The summed E-state index contributed by atoms with van der Waals surface area (Å²) in [5, 5.41) is 5.94. The number of rotatable bonds is 8. The number of anilines is 2. The zero-order chi connectivity index (χ0) is 22.2. The van der Waals surface area contributed by atoms with Gasteiger partial charge in [0, 0.05) is 18.3 Å². The van der Waals surface area contributed by atoms with Crippen molar-refractivity contribution in [1.29, 1.82) is 0 Å². The highest BCUT2D eigenvalue weighted by atomic mass is 35.5. The molecular formula is C23H22ClN3O4. The highest BCUT2D eigenvalue weighted by molar-refractivity contribution is 6.34. The molecule has 3 rings (SSSR count). The van der Waals surface area contributed by atoms with Crippen LogP contribution < -0.4 is 20.1 Å². The van der Waals surface area contributed by atoms with Crippen molar-refractivity contribution in [3.8, 4) is 11.5 Å². The summed E-state index contributed by atoms with van der Waals surface area (Å²) in [5.74, 6) is -0.0245. The van der Waals surface area contributed by atoms with Gasteiger partial charge >= 0.3 is 0 Å². The molecule has 0 fully saturated rings. The number of nitrogens with one attached hydrogen (secondary N) is 2. The summed E-state index contributed by atoms with van der Waals surface area (Å²) in [6.07, 6.45) is 1.54. The summed E-state index contributed by atoms with van der Waals surface area (Å²) in [5.41, 5.74) is 1.39. The van der Waals surface area contributed by atoms with Crippen molar-refractivity contribution in [3.63, 3.8) is 0 Å². The van der Waals surface area contributed by atoms with Crippen LogP contribution in [-0.4, -0.2) is 30.0 Å². The summed E-state index contributed by atoms with van der Waals surface area (Å²) >= 11 is 6.14. The molecule has 31 heavy (non-hydrogen) atoms. The molecule has 0 aliphatic heterocycles. The molecule has 1 heterocycles. The summed E-state index contributed by atoms with van der Waals surface area (Å²) < 4.78 is 11.4. The molecule has 1 aromatic heterocycles. The van der Waals surface area contributed by atoms with Crippen molar-refractivity contribution in [2.24, 2.45) is 0 Å². The van der Waals surface area contributed by atoms with E-state index in [0.29, 0.717) is 46.7 Å². The molecule has 8 heteroatoms. The molecule has 2 amide bonds. The summed E-state index contributed by atoms with van der Waals surface area (Å²) in [6.45, 7) is 4.36. The first-order chi connectivity index (χ1) is 15.0. The van der Waals surface area contributed by atoms with E-state index in [1.165, 1.54) is 6.20 Å². The van der Waals surface area contributed by atoms with Crippen LogP contribution in [0.15, 0.2) is 60.8 Å². The lowest BCUT2D eigenvalue weighted by atomic mass is 10.2. The molecule has 3 aromatic rings. The Balaban J connectivity index is 1.94. The van der Waals surface area contributed by atoms with Gasteiger partial charge < -0.3 is 20.1 Å². The highest BCUT2D eigenvalue weighted by Crippen LogP contribution is 2.37. The Labute approximate surface area is 185 Å². The first kappa shape index (κ1) is 22.1. The highest BCUT2D eigenvalue weighted by Gasteiger charge is 2.18. The Kier molecular flexibility index (Phi) is 7.45. The quantitative estimate of drug-likeness (QED) is 0.513. The Morgan fingerprint density at radius 1 is 0.871 bits per heavy atom. The van der Waals surface area contributed by atoms with Crippen molar-refractivity contribution in [3.05, 3.63) is 77.1 Å². The van der Waals surface area contributed by atoms with Crippen molar-refractivity contribution < 1.29 is 19.1 Å². The van der Waals surface area contributed by atoms with Crippen LogP contribution in [0.25, 0.3) is 0 Å². The summed E-state index contributed by atoms with van der Waals surface area (Å²) in [6, 6.07) is 15.0. The van der Waals surface area contributed by atoms with Crippen LogP contribution in [0.3, 0.4) is 0 Å². The summed E-state index contributed by atoms with van der Waals surface area (Å²) in [4.78, 5) is 29.4. The van der Waals surface area contributed by atoms with Gasteiger partial charge in [0.1, 0.15) is 17.2 Å². The molecule has 160 valence electrons. The van der Waals surface area contributed by atoms with Gasteiger partial charge in [-0.15, -0.1) is 0 Å². The number of nitrogens with zero attached hydrogens (tertiary/aromatic N) is 1. The number of halogens is 1. The molecule has 0 aliphatic rings. The zero-order valence-electron chi connectivity index (χ0n) is 17.1. The largest absolute Gasteiger partial charge is 0.492 e. The number of ether oxygens (including phenoxy) is 2. The normalized spacial score (nSPS) is 10.3. The predicted octanol–water partition coefficient (Wildman–Crippen LogP) is 5.04. The molecule has 0 unspecified atom stereocenters. The van der Waals surface area contributed by atoms with Crippen LogP contribution >= 0.6 is 11.6 Å². The fraction of sp³-hybridized carbons (Fsp3) is 0.174. The SMILES string of the molecule is CCOc1cc(NC(=O)c2ccccc2Cl)c(OCC)cc1NC(=O)c1ccccn1. The maximum atomic E-state index is 12.7. The lowest BCUT2D eigenvalue weighted by Gasteiger charge is -2.18.